The van der Waals surface area contributed by atoms with Crippen LogP contribution in [0.3, 0.4) is 0 Å². The molecule has 0 amide bonds. The van der Waals surface area contributed by atoms with Crippen molar-refractivity contribution in [3.8, 4) is 5.69 Å². The van der Waals surface area contributed by atoms with Gasteiger partial charge in [-0.05, 0) is 56.4 Å². The van der Waals surface area contributed by atoms with Crippen molar-refractivity contribution in [1.82, 2.24) is 9.78 Å². The number of rotatable bonds is 7. The maximum Gasteiger partial charge on any atom is 0.0877 e. The number of anilines is 1. The monoisotopic (exact) mass is 273 g/mol. The zero-order valence-electron chi connectivity index (χ0n) is 12.3. The van der Waals surface area contributed by atoms with E-state index in [9.17, 15) is 0 Å². The number of hydrogen-bond acceptors (Lipinski definition) is 3. The van der Waals surface area contributed by atoms with Crippen molar-refractivity contribution in [3.05, 3.63) is 41.7 Å². The summed E-state index contributed by atoms with van der Waals surface area (Å²) in [6, 6.07) is 6.35. The van der Waals surface area contributed by atoms with Gasteiger partial charge < -0.3 is 10.4 Å². The summed E-state index contributed by atoms with van der Waals surface area (Å²) < 4.78 is 1.91. The molecule has 0 saturated carbocycles. The number of nitrogens with one attached hydrogen (secondary N) is 1. The Morgan fingerprint density at radius 1 is 1.15 bits per heavy atom. The molecule has 0 saturated heterocycles. The molecule has 0 atom stereocenters. The minimum atomic E-state index is 0.280. The average molecular weight is 273 g/mol. The van der Waals surface area contributed by atoms with Crippen LogP contribution >= 0.6 is 0 Å². The lowest BCUT2D eigenvalue weighted by Gasteiger charge is -2.13. The molecule has 0 radical (unpaired) electrons. The molecule has 1 aromatic heterocycles. The molecule has 1 aromatic carbocycles. The van der Waals surface area contributed by atoms with E-state index >= 15 is 0 Å². The van der Waals surface area contributed by atoms with Gasteiger partial charge >= 0.3 is 0 Å². The van der Waals surface area contributed by atoms with Crippen LogP contribution in [-0.4, -0.2) is 28.0 Å². The Bertz CT molecular complexity index is 548. The Kier molecular flexibility index (Phi) is 5.18. The smallest absolute Gasteiger partial charge is 0.0877 e. The molecule has 0 aliphatic carbocycles. The van der Waals surface area contributed by atoms with Crippen molar-refractivity contribution in [3.63, 3.8) is 0 Å². The van der Waals surface area contributed by atoms with Crippen LogP contribution in [-0.2, 0) is 0 Å². The molecule has 2 rings (SSSR count). The highest BCUT2D eigenvalue weighted by Crippen LogP contribution is 2.21. The number of benzene rings is 1. The summed E-state index contributed by atoms with van der Waals surface area (Å²) in [7, 11) is 0. The molecule has 0 unspecified atom stereocenters. The fourth-order valence-corrected chi connectivity index (χ4v) is 2.17. The van der Waals surface area contributed by atoms with Gasteiger partial charge in [0.1, 0.15) is 0 Å². The molecule has 1 heterocycles. The second-order valence-electron chi connectivity index (χ2n) is 5.19. The van der Waals surface area contributed by atoms with E-state index in [-0.39, 0.29) is 6.61 Å². The van der Waals surface area contributed by atoms with Gasteiger partial charge in [-0.25, -0.2) is 4.68 Å². The Labute approximate surface area is 120 Å². The Morgan fingerprint density at radius 3 is 2.70 bits per heavy atom. The number of aliphatic hydroxyl groups is 1. The van der Waals surface area contributed by atoms with Crippen molar-refractivity contribution in [2.45, 2.75) is 33.1 Å². The number of unbranched alkanes of at least 4 members (excludes halogenated alkanes) is 2. The van der Waals surface area contributed by atoms with Crippen LogP contribution in [0.1, 0.15) is 30.4 Å². The fourth-order valence-electron chi connectivity index (χ4n) is 2.17. The van der Waals surface area contributed by atoms with E-state index in [0.29, 0.717) is 0 Å². The van der Waals surface area contributed by atoms with Crippen molar-refractivity contribution < 1.29 is 5.11 Å². The van der Waals surface area contributed by atoms with E-state index in [1.54, 1.807) is 0 Å². The largest absolute Gasteiger partial charge is 0.396 e. The van der Waals surface area contributed by atoms with Gasteiger partial charge in [0.2, 0.25) is 0 Å². The molecule has 2 N–H and O–H groups in total. The zero-order chi connectivity index (χ0) is 14.4. The number of aromatic nitrogens is 2. The summed E-state index contributed by atoms with van der Waals surface area (Å²) in [5.74, 6) is 0. The van der Waals surface area contributed by atoms with E-state index in [1.807, 2.05) is 24.0 Å². The lowest BCUT2D eigenvalue weighted by Crippen LogP contribution is -2.07. The Hall–Kier alpha value is -1.81. The number of aryl methyl sites for hydroxylation is 2. The summed E-state index contributed by atoms with van der Waals surface area (Å²) in [4.78, 5) is 0. The summed E-state index contributed by atoms with van der Waals surface area (Å²) in [5.41, 5.74) is 4.57. The van der Waals surface area contributed by atoms with Gasteiger partial charge in [-0.1, -0.05) is 6.07 Å². The number of nitrogens with zero attached hydrogens (tertiary/aromatic N) is 2. The molecule has 4 heteroatoms. The van der Waals surface area contributed by atoms with Gasteiger partial charge in [-0.15, -0.1) is 0 Å². The minimum Gasteiger partial charge on any atom is -0.396 e. The molecule has 0 bridgehead atoms. The quantitative estimate of drug-likeness (QED) is 0.762. The molecular weight excluding hydrogens is 250 g/mol. The lowest BCUT2D eigenvalue weighted by atomic mass is 10.2. The van der Waals surface area contributed by atoms with Gasteiger partial charge in [0.15, 0.2) is 0 Å². The lowest BCUT2D eigenvalue weighted by molar-refractivity contribution is 0.283. The molecule has 4 nitrogen and oxygen atoms in total. The van der Waals surface area contributed by atoms with E-state index < -0.39 is 0 Å². The van der Waals surface area contributed by atoms with Crippen molar-refractivity contribution in [1.29, 1.82) is 0 Å². The number of aliphatic hydroxyl groups excluding tert-OH is 1. The number of hydrogen-bond donors (Lipinski definition) is 2. The molecule has 0 spiro atoms. The van der Waals surface area contributed by atoms with E-state index in [1.165, 1.54) is 5.56 Å². The first-order valence-electron chi connectivity index (χ1n) is 7.18. The van der Waals surface area contributed by atoms with E-state index in [0.717, 1.165) is 42.7 Å². The fraction of sp³-hybridized carbons (Fsp3) is 0.438. The predicted molar refractivity (Wildman–Crippen MR) is 82.5 cm³/mol. The van der Waals surface area contributed by atoms with Crippen molar-refractivity contribution >= 4 is 5.69 Å². The molecule has 20 heavy (non-hydrogen) atoms. The summed E-state index contributed by atoms with van der Waals surface area (Å²) in [5, 5.41) is 16.6. The third-order valence-corrected chi connectivity index (χ3v) is 3.26. The zero-order valence-corrected chi connectivity index (χ0v) is 12.3. The van der Waals surface area contributed by atoms with Gasteiger partial charge in [-0.2, -0.15) is 5.10 Å². The molecule has 2 aromatic rings. The first kappa shape index (κ1) is 14.6. The van der Waals surface area contributed by atoms with Gasteiger partial charge in [-0.3, -0.25) is 0 Å². The van der Waals surface area contributed by atoms with Gasteiger partial charge in [0.05, 0.1) is 17.6 Å². The minimum absolute atomic E-state index is 0.280. The molecule has 0 aliphatic rings. The van der Waals surface area contributed by atoms with Crippen LogP contribution in [0.15, 0.2) is 30.6 Å². The Balaban J connectivity index is 2.08. The second-order valence-corrected chi connectivity index (χ2v) is 5.19. The summed E-state index contributed by atoms with van der Waals surface area (Å²) in [6.45, 7) is 5.33. The van der Waals surface area contributed by atoms with Gasteiger partial charge in [0.25, 0.3) is 0 Å². The molecule has 108 valence electrons. The van der Waals surface area contributed by atoms with Crippen LogP contribution in [0.25, 0.3) is 5.69 Å². The second kappa shape index (κ2) is 7.10. The molecule has 0 fully saturated rings. The third kappa shape index (κ3) is 3.84. The standard InChI is InChI=1S/C16H23N3O/c1-13-6-7-16(19-12-14(2)11-18-19)15(10-13)17-8-4-3-5-9-20/h6-7,10-12,17,20H,3-5,8-9H2,1-2H3. The van der Waals surface area contributed by atoms with Gasteiger partial charge in [0, 0.05) is 19.3 Å². The maximum absolute atomic E-state index is 8.78. The van der Waals surface area contributed by atoms with Crippen LogP contribution in [0.5, 0.6) is 0 Å². The van der Waals surface area contributed by atoms with Crippen molar-refractivity contribution in [2.24, 2.45) is 0 Å². The van der Waals surface area contributed by atoms with E-state index in [4.69, 9.17) is 5.11 Å². The first-order chi connectivity index (χ1) is 9.70. The average Bonchev–Trinajstić information content (AvgIpc) is 2.85. The maximum atomic E-state index is 8.78. The highest BCUT2D eigenvalue weighted by Gasteiger charge is 2.05. The van der Waals surface area contributed by atoms with Crippen LogP contribution < -0.4 is 5.32 Å². The van der Waals surface area contributed by atoms with Crippen molar-refractivity contribution in [2.75, 3.05) is 18.5 Å². The summed E-state index contributed by atoms with van der Waals surface area (Å²) in [6.07, 6.45) is 6.88. The van der Waals surface area contributed by atoms with Crippen LogP contribution in [0.2, 0.25) is 0 Å². The SMILES string of the molecule is Cc1ccc(-n2cc(C)cn2)c(NCCCCCO)c1. The van der Waals surface area contributed by atoms with Crippen LogP contribution in [0.4, 0.5) is 5.69 Å². The summed E-state index contributed by atoms with van der Waals surface area (Å²) >= 11 is 0. The highest BCUT2D eigenvalue weighted by atomic mass is 16.2. The van der Waals surface area contributed by atoms with Crippen LogP contribution in [0, 0.1) is 13.8 Å². The highest BCUT2D eigenvalue weighted by molar-refractivity contribution is 5.62. The first-order valence-corrected chi connectivity index (χ1v) is 7.18. The predicted octanol–water partition coefficient (Wildman–Crippen LogP) is 3.06. The van der Waals surface area contributed by atoms with E-state index in [2.05, 4.69) is 35.5 Å². The molecule has 0 aliphatic heterocycles. The normalized spacial score (nSPS) is 10.8. The molecular formula is C16H23N3O. The topological polar surface area (TPSA) is 50.1 Å². The Morgan fingerprint density at radius 2 is 2.00 bits per heavy atom. The third-order valence-electron chi connectivity index (χ3n) is 3.26.